The van der Waals surface area contributed by atoms with Crippen molar-refractivity contribution in [3.63, 3.8) is 0 Å². The van der Waals surface area contributed by atoms with Crippen molar-refractivity contribution in [1.29, 1.82) is 0 Å². The van der Waals surface area contributed by atoms with Crippen LogP contribution in [-0.4, -0.2) is 41.0 Å². The van der Waals surface area contributed by atoms with Crippen LogP contribution in [0.15, 0.2) is 54.7 Å². The zero-order chi connectivity index (χ0) is 21.3. The van der Waals surface area contributed by atoms with Crippen LogP contribution in [0.1, 0.15) is 13.8 Å². The number of hydrogen-bond acceptors (Lipinski definition) is 4. The third-order valence-corrected chi connectivity index (χ3v) is 5.80. The van der Waals surface area contributed by atoms with E-state index in [1.165, 1.54) is 12.1 Å². The Morgan fingerprint density at radius 1 is 1.23 bits per heavy atom. The molecule has 2 aromatic carbocycles. The minimum absolute atomic E-state index is 0.0818. The van der Waals surface area contributed by atoms with E-state index in [9.17, 15) is 9.18 Å². The molecule has 3 aromatic rings. The van der Waals surface area contributed by atoms with Gasteiger partial charge < -0.3 is 10.1 Å². The van der Waals surface area contributed by atoms with Crippen molar-refractivity contribution in [2.24, 2.45) is 5.92 Å². The summed E-state index contributed by atoms with van der Waals surface area (Å²) in [6.45, 7) is 5.32. The van der Waals surface area contributed by atoms with Crippen LogP contribution in [-0.2, 0) is 4.79 Å². The molecule has 5 nitrogen and oxygen atoms in total. The maximum absolute atomic E-state index is 13.7. The van der Waals surface area contributed by atoms with Crippen molar-refractivity contribution in [2.45, 2.75) is 26.0 Å². The molecule has 30 heavy (non-hydrogen) atoms. The number of amides is 1. The fourth-order valence-corrected chi connectivity index (χ4v) is 3.87. The summed E-state index contributed by atoms with van der Waals surface area (Å²) in [7, 11) is 0. The van der Waals surface area contributed by atoms with Crippen molar-refractivity contribution < 1.29 is 13.9 Å². The molecule has 1 saturated heterocycles. The zero-order valence-corrected chi connectivity index (χ0v) is 17.6. The number of likely N-dealkylation sites (tertiary alicyclic amines) is 1. The van der Waals surface area contributed by atoms with E-state index in [-0.39, 0.29) is 29.8 Å². The number of hydrogen-bond donors (Lipinski definition) is 1. The Bertz CT molecular complexity index is 1060. The Morgan fingerprint density at radius 3 is 2.77 bits per heavy atom. The largest absolute Gasteiger partial charge is 0.488 e. The van der Waals surface area contributed by atoms with E-state index in [1.807, 2.05) is 6.92 Å². The van der Waals surface area contributed by atoms with E-state index >= 15 is 0 Å². The third-order valence-electron chi connectivity index (χ3n) is 5.55. The van der Waals surface area contributed by atoms with E-state index < -0.39 is 0 Å². The molecule has 0 aliphatic carbocycles. The molecule has 1 aromatic heterocycles. The maximum atomic E-state index is 13.7. The lowest BCUT2D eigenvalue weighted by Gasteiger charge is -2.23. The first-order valence-corrected chi connectivity index (χ1v) is 10.3. The SMILES string of the molecule is CC1CN(C(C)C(=O)Nc2ccc(Cl)cc2)CC1Oc1ccnc2ccc(F)cc12. The molecule has 3 atom stereocenters. The van der Waals surface area contributed by atoms with Gasteiger partial charge in [-0.05, 0) is 55.5 Å². The minimum Gasteiger partial charge on any atom is -0.488 e. The van der Waals surface area contributed by atoms with Crippen LogP contribution >= 0.6 is 11.6 Å². The number of halogens is 2. The summed E-state index contributed by atoms with van der Waals surface area (Å²) >= 11 is 5.90. The number of rotatable bonds is 5. The summed E-state index contributed by atoms with van der Waals surface area (Å²) < 4.78 is 20.0. The van der Waals surface area contributed by atoms with Crippen LogP contribution in [0, 0.1) is 11.7 Å². The highest BCUT2D eigenvalue weighted by Crippen LogP contribution is 2.30. The molecule has 1 amide bonds. The number of anilines is 1. The lowest BCUT2D eigenvalue weighted by Crippen LogP contribution is -2.41. The molecule has 1 fully saturated rings. The van der Waals surface area contributed by atoms with E-state index in [1.54, 1.807) is 42.6 Å². The van der Waals surface area contributed by atoms with Crippen LogP contribution in [0.2, 0.25) is 5.02 Å². The van der Waals surface area contributed by atoms with Crippen LogP contribution in [0.4, 0.5) is 10.1 Å². The van der Waals surface area contributed by atoms with Gasteiger partial charge in [-0.1, -0.05) is 18.5 Å². The second-order valence-corrected chi connectivity index (χ2v) is 8.17. The van der Waals surface area contributed by atoms with Gasteiger partial charge in [-0.2, -0.15) is 0 Å². The van der Waals surface area contributed by atoms with E-state index in [2.05, 4.69) is 22.1 Å². The fraction of sp³-hybridized carbons (Fsp3) is 0.304. The molecule has 2 heterocycles. The van der Waals surface area contributed by atoms with Gasteiger partial charge in [0, 0.05) is 41.3 Å². The first-order valence-electron chi connectivity index (χ1n) is 9.92. The van der Waals surface area contributed by atoms with Gasteiger partial charge in [0.15, 0.2) is 0 Å². The van der Waals surface area contributed by atoms with Gasteiger partial charge in [-0.25, -0.2) is 4.39 Å². The normalized spacial score (nSPS) is 20.3. The van der Waals surface area contributed by atoms with Gasteiger partial charge in [0.1, 0.15) is 17.7 Å². The maximum Gasteiger partial charge on any atom is 0.241 e. The molecule has 0 saturated carbocycles. The average molecular weight is 428 g/mol. The van der Waals surface area contributed by atoms with E-state index in [0.29, 0.717) is 33.9 Å². The topological polar surface area (TPSA) is 54.5 Å². The van der Waals surface area contributed by atoms with Gasteiger partial charge in [0.2, 0.25) is 5.91 Å². The predicted molar refractivity (Wildman–Crippen MR) is 116 cm³/mol. The quantitative estimate of drug-likeness (QED) is 0.638. The molecular formula is C23H23ClFN3O2. The summed E-state index contributed by atoms with van der Waals surface area (Å²) in [4.78, 5) is 19.1. The van der Waals surface area contributed by atoms with Crippen molar-refractivity contribution in [3.05, 3.63) is 65.6 Å². The molecule has 1 aliphatic rings. The number of pyridine rings is 1. The number of fused-ring (bicyclic) bond motifs is 1. The highest BCUT2D eigenvalue weighted by atomic mass is 35.5. The number of ether oxygens (including phenoxy) is 1. The van der Waals surface area contributed by atoms with Crippen molar-refractivity contribution in [3.8, 4) is 5.75 Å². The molecule has 7 heteroatoms. The van der Waals surface area contributed by atoms with Gasteiger partial charge in [-0.3, -0.25) is 14.7 Å². The number of carbonyl (C=O) groups is 1. The number of nitrogens with zero attached hydrogens (tertiary/aromatic N) is 2. The molecule has 3 unspecified atom stereocenters. The number of carbonyl (C=O) groups excluding carboxylic acids is 1. The molecule has 4 rings (SSSR count). The summed E-state index contributed by atoms with van der Waals surface area (Å²) in [5.74, 6) is 0.416. The Labute approximate surface area is 179 Å². The Kier molecular flexibility index (Phi) is 5.88. The lowest BCUT2D eigenvalue weighted by atomic mass is 10.1. The summed E-state index contributed by atoms with van der Waals surface area (Å²) in [5, 5.41) is 4.20. The van der Waals surface area contributed by atoms with E-state index in [4.69, 9.17) is 16.3 Å². The number of aromatic nitrogens is 1. The number of benzene rings is 2. The molecule has 0 bridgehead atoms. The van der Waals surface area contributed by atoms with Gasteiger partial charge in [-0.15, -0.1) is 0 Å². The molecule has 1 N–H and O–H groups in total. The standard InChI is InChI=1S/C23H23ClFN3O2/c1-14-12-28(15(2)23(29)27-18-6-3-16(24)4-7-18)13-22(14)30-21-9-10-26-20-8-5-17(25)11-19(20)21/h3-11,14-15,22H,12-13H2,1-2H3,(H,27,29). The Hall–Kier alpha value is -2.70. The minimum atomic E-state index is -0.325. The van der Waals surface area contributed by atoms with Gasteiger partial charge in [0.05, 0.1) is 11.6 Å². The highest BCUT2D eigenvalue weighted by Gasteiger charge is 2.36. The highest BCUT2D eigenvalue weighted by molar-refractivity contribution is 6.30. The molecule has 1 aliphatic heterocycles. The van der Waals surface area contributed by atoms with Crippen molar-refractivity contribution in [1.82, 2.24) is 9.88 Å². The second kappa shape index (κ2) is 8.58. The average Bonchev–Trinajstić information content (AvgIpc) is 3.10. The van der Waals surface area contributed by atoms with Crippen molar-refractivity contribution >= 4 is 34.1 Å². The Balaban J connectivity index is 1.44. The smallest absolute Gasteiger partial charge is 0.241 e. The van der Waals surface area contributed by atoms with Crippen molar-refractivity contribution in [2.75, 3.05) is 18.4 Å². The van der Waals surface area contributed by atoms with Crippen LogP contribution in [0.3, 0.4) is 0 Å². The fourth-order valence-electron chi connectivity index (χ4n) is 3.75. The third kappa shape index (κ3) is 4.40. The summed E-state index contributed by atoms with van der Waals surface area (Å²) in [5.41, 5.74) is 1.40. The number of nitrogens with one attached hydrogen (secondary N) is 1. The molecule has 156 valence electrons. The zero-order valence-electron chi connectivity index (χ0n) is 16.8. The van der Waals surface area contributed by atoms with Gasteiger partial charge >= 0.3 is 0 Å². The van der Waals surface area contributed by atoms with Gasteiger partial charge in [0.25, 0.3) is 0 Å². The molecule has 0 radical (unpaired) electrons. The van der Waals surface area contributed by atoms with Crippen LogP contribution in [0.25, 0.3) is 10.9 Å². The molecule has 0 spiro atoms. The lowest BCUT2D eigenvalue weighted by molar-refractivity contribution is -0.120. The first-order chi connectivity index (χ1) is 14.4. The monoisotopic (exact) mass is 427 g/mol. The summed E-state index contributed by atoms with van der Waals surface area (Å²) in [6, 6.07) is 13.0. The Morgan fingerprint density at radius 2 is 2.00 bits per heavy atom. The predicted octanol–water partition coefficient (Wildman–Crippen LogP) is 4.75. The molecular weight excluding hydrogens is 405 g/mol. The summed E-state index contributed by atoms with van der Waals surface area (Å²) in [6.07, 6.45) is 1.56. The second-order valence-electron chi connectivity index (χ2n) is 7.73. The van der Waals surface area contributed by atoms with Crippen LogP contribution in [0.5, 0.6) is 5.75 Å². The van der Waals surface area contributed by atoms with E-state index in [0.717, 1.165) is 6.54 Å². The first kappa shape index (κ1) is 20.6. The van der Waals surface area contributed by atoms with Crippen LogP contribution < -0.4 is 10.1 Å².